The molecule has 0 saturated carbocycles. The number of rotatable bonds is 22. The monoisotopic (exact) mass is 506 g/mol. The van der Waals surface area contributed by atoms with E-state index in [9.17, 15) is 9.59 Å². The first kappa shape index (κ1) is 33.4. The van der Waals surface area contributed by atoms with E-state index in [-0.39, 0.29) is 0 Å². The van der Waals surface area contributed by atoms with Gasteiger partial charge in [0.1, 0.15) is 0 Å². The summed E-state index contributed by atoms with van der Waals surface area (Å²) >= 11 is 0.905. The predicted molar refractivity (Wildman–Crippen MR) is 149 cm³/mol. The Hall–Kier alpha value is -1.59. The number of esters is 2. The van der Waals surface area contributed by atoms with Crippen LogP contribution >= 0.6 is 11.8 Å². The first-order chi connectivity index (χ1) is 17.2. The molecular weight excluding hydrogens is 456 g/mol. The fraction of sp³-hybridized carbons (Fsp3) is 0.800. The van der Waals surface area contributed by atoms with E-state index in [0.717, 1.165) is 37.4 Å². The molecule has 0 N–H and O–H groups in total. The van der Waals surface area contributed by atoms with Crippen LogP contribution in [-0.2, 0) is 19.1 Å². The molecule has 0 aliphatic heterocycles. The van der Waals surface area contributed by atoms with Gasteiger partial charge in [-0.1, -0.05) is 129 Å². The zero-order chi connectivity index (χ0) is 25.7. The molecule has 0 amide bonds. The fourth-order valence-electron chi connectivity index (χ4n) is 3.74. The van der Waals surface area contributed by atoms with E-state index in [1.807, 2.05) is 0 Å². The Morgan fingerprint density at radius 3 is 1.09 bits per heavy atom. The van der Waals surface area contributed by atoms with Gasteiger partial charge in [-0.15, -0.1) is 0 Å². The molecule has 0 atom stereocenters. The molecule has 0 bridgehead atoms. The van der Waals surface area contributed by atoms with E-state index in [0.29, 0.717) is 13.2 Å². The van der Waals surface area contributed by atoms with E-state index in [2.05, 4.69) is 36.2 Å². The van der Waals surface area contributed by atoms with E-state index < -0.39 is 11.9 Å². The summed E-state index contributed by atoms with van der Waals surface area (Å²) in [5, 5.41) is 5.11. The highest BCUT2D eigenvalue weighted by molar-refractivity contribution is 8.08. The molecule has 200 valence electrons. The molecule has 0 saturated heterocycles. The van der Waals surface area contributed by atoms with Crippen LogP contribution in [0.1, 0.15) is 142 Å². The minimum atomic E-state index is -0.543. The summed E-state index contributed by atoms with van der Waals surface area (Å²) in [6, 6.07) is 0. The molecule has 0 aliphatic carbocycles. The maximum absolute atomic E-state index is 11.6. The summed E-state index contributed by atoms with van der Waals surface area (Å²) in [6.45, 7) is 5.30. The molecule has 35 heavy (non-hydrogen) atoms. The Bertz CT molecular complexity index is 570. The quantitative estimate of drug-likeness (QED) is 0.0836. The SMILES string of the molecule is CCCCCCCCCCCCOC(=O)C#CSC#CC(=O)OCCCCCCCCCCCC. The smallest absolute Gasteiger partial charge is 0.385 e. The molecule has 0 fully saturated rings. The first-order valence-corrected chi connectivity index (χ1v) is 15.0. The average molecular weight is 507 g/mol. The minimum Gasteiger partial charge on any atom is -0.456 e. The number of ether oxygens (including phenoxy) is 2. The van der Waals surface area contributed by atoms with Crippen molar-refractivity contribution in [2.45, 2.75) is 142 Å². The van der Waals surface area contributed by atoms with Gasteiger partial charge in [0.2, 0.25) is 0 Å². The number of carbonyl (C=O) groups excluding carboxylic acids is 2. The molecule has 0 spiro atoms. The third-order valence-corrected chi connectivity index (χ3v) is 6.28. The Labute approximate surface area is 220 Å². The Morgan fingerprint density at radius 2 is 0.771 bits per heavy atom. The normalized spacial score (nSPS) is 10.1. The van der Waals surface area contributed by atoms with Gasteiger partial charge in [0, 0.05) is 23.6 Å². The second kappa shape index (κ2) is 28.6. The van der Waals surface area contributed by atoms with Gasteiger partial charge in [0.15, 0.2) is 0 Å². The van der Waals surface area contributed by atoms with Crippen LogP contribution in [0.5, 0.6) is 0 Å². The van der Waals surface area contributed by atoms with Crippen molar-refractivity contribution in [3.05, 3.63) is 0 Å². The van der Waals surface area contributed by atoms with Crippen LogP contribution in [0.3, 0.4) is 0 Å². The third kappa shape index (κ3) is 28.5. The number of hydrogen-bond donors (Lipinski definition) is 0. The van der Waals surface area contributed by atoms with Gasteiger partial charge in [0.05, 0.1) is 13.2 Å². The van der Waals surface area contributed by atoms with Crippen LogP contribution in [0.2, 0.25) is 0 Å². The second-order valence-electron chi connectivity index (χ2n) is 9.19. The molecule has 5 heteroatoms. The van der Waals surface area contributed by atoms with Crippen molar-refractivity contribution in [2.24, 2.45) is 0 Å². The molecular formula is C30H50O4S. The Morgan fingerprint density at radius 1 is 0.486 bits per heavy atom. The van der Waals surface area contributed by atoms with Crippen molar-refractivity contribution in [3.63, 3.8) is 0 Å². The Balaban J connectivity index is 3.51. The molecule has 0 rings (SSSR count). The summed E-state index contributed by atoms with van der Waals surface area (Å²) in [6.07, 6.45) is 24.8. The highest BCUT2D eigenvalue weighted by Gasteiger charge is 1.99. The second-order valence-corrected chi connectivity index (χ2v) is 9.80. The summed E-state index contributed by atoms with van der Waals surface area (Å²) in [7, 11) is 0. The van der Waals surface area contributed by atoms with E-state index in [4.69, 9.17) is 9.47 Å². The van der Waals surface area contributed by atoms with Crippen molar-refractivity contribution in [3.8, 4) is 22.3 Å². The van der Waals surface area contributed by atoms with Gasteiger partial charge in [0.25, 0.3) is 0 Å². The molecule has 0 aromatic rings. The molecule has 0 radical (unpaired) electrons. The zero-order valence-electron chi connectivity index (χ0n) is 22.6. The fourth-order valence-corrected chi connectivity index (χ4v) is 4.06. The summed E-state index contributed by atoms with van der Waals surface area (Å²) in [5.74, 6) is 3.67. The van der Waals surface area contributed by atoms with Crippen LogP contribution < -0.4 is 0 Å². The topological polar surface area (TPSA) is 52.6 Å². The standard InChI is InChI=1S/C30H50O4S/c1-3-5-7-9-11-13-15-17-19-21-25-33-29(31)23-27-35-28-24-30(32)34-26-22-20-18-16-14-12-10-8-6-4-2/h3-22,25-26H2,1-2H3. The van der Waals surface area contributed by atoms with Crippen LogP contribution in [0, 0.1) is 22.3 Å². The van der Waals surface area contributed by atoms with Crippen LogP contribution in [0.4, 0.5) is 0 Å². The maximum atomic E-state index is 11.6. The number of carbonyl (C=O) groups is 2. The maximum Gasteiger partial charge on any atom is 0.385 e. The molecule has 4 nitrogen and oxygen atoms in total. The molecule has 0 aromatic heterocycles. The molecule has 0 unspecified atom stereocenters. The number of unbranched alkanes of at least 4 members (excludes halogenated alkanes) is 18. The van der Waals surface area contributed by atoms with Gasteiger partial charge in [-0.25, -0.2) is 9.59 Å². The lowest BCUT2D eigenvalue weighted by Crippen LogP contribution is -2.02. The predicted octanol–water partition coefficient (Wildman–Crippen LogP) is 8.57. The Kier molecular flexibility index (Phi) is 27.3. The summed E-state index contributed by atoms with van der Waals surface area (Å²) < 4.78 is 10.2. The highest BCUT2D eigenvalue weighted by Crippen LogP contribution is 2.11. The van der Waals surface area contributed by atoms with E-state index >= 15 is 0 Å². The minimum absolute atomic E-state index is 0.408. The summed E-state index contributed by atoms with van der Waals surface area (Å²) in [4.78, 5) is 23.2. The van der Waals surface area contributed by atoms with E-state index in [1.54, 1.807) is 0 Å². The lowest BCUT2D eigenvalue weighted by atomic mass is 10.1. The van der Waals surface area contributed by atoms with Crippen molar-refractivity contribution in [1.29, 1.82) is 0 Å². The number of thioether (sulfide) groups is 1. The van der Waals surface area contributed by atoms with E-state index in [1.165, 1.54) is 103 Å². The van der Waals surface area contributed by atoms with Gasteiger partial charge in [-0.3, -0.25) is 0 Å². The third-order valence-electron chi connectivity index (χ3n) is 5.87. The summed E-state index contributed by atoms with van der Waals surface area (Å²) in [5.41, 5.74) is 0. The van der Waals surface area contributed by atoms with Gasteiger partial charge in [-0.05, 0) is 23.3 Å². The van der Waals surface area contributed by atoms with Crippen molar-refractivity contribution in [1.82, 2.24) is 0 Å². The van der Waals surface area contributed by atoms with Crippen LogP contribution in [0.25, 0.3) is 0 Å². The molecule has 0 aliphatic rings. The lowest BCUT2D eigenvalue weighted by molar-refractivity contribution is -0.137. The van der Waals surface area contributed by atoms with Crippen LogP contribution in [-0.4, -0.2) is 25.2 Å². The molecule has 0 heterocycles. The van der Waals surface area contributed by atoms with Gasteiger partial charge >= 0.3 is 11.9 Å². The van der Waals surface area contributed by atoms with Gasteiger partial charge < -0.3 is 9.47 Å². The van der Waals surface area contributed by atoms with Crippen LogP contribution in [0.15, 0.2) is 0 Å². The number of hydrogen-bond acceptors (Lipinski definition) is 5. The lowest BCUT2D eigenvalue weighted by Gasteiger charge is -2.02. The average Bonchev–Trinajstić information content (AvgIpc) is 2.85. The zero-order valence-corrected chi connectivity index (χ0v) is 23.4. The van der Waals surface area contributed by atoms with Crippen molar-refractivity contribution >= 4 is 23.7 Å². The molecule has 0 aromatic carbocycles. The van der Waals surface area contributed by atoms with Crippen molar-refractivity contribution < 1.29 is 19.1 Å². The first-order valence-electron chi connectivity index (χ1n) is 14.2. The highest BCUT2D eigenvalue weighted by atomic mass is 32.2. The largest absolute Gasteiger partial charge is 0.456 e. The van der Waals surface area contributed by atoms with Gasteiger partial charge in [-0.2, -0.15) is 0 Å². The van der Waals surface area contributed by atoms with Crippen molar-refractivity contribution in [2.75, 3.05) is 13.2 Å².